The molecule has 1 aromatic carbocycles. The van der Waals surface area contributed by atoms with Crippen LogP contribution in [0, 0.1) is 5.82 Å². The highest BCUT2D eigenvalue weighted by Crippen LogP contribution is 2.36. The molecule has 2 N–H and O–H groups in total. The van der Waals surface area contributed by atoms with Gasteiger partial charge in [-0.25, -0.2) is 30.9 Å². The van der Waals surface area contributed by atoms with Gasteiger partial charge in [-0.1, -0.05) is 6.08 Å². The van der Waals surface area contributed by atoms with Gasteiger partial charge in [-0.3, -0.25) is 0 Å². The van der Waals surface area contributed by atoms with Crippen molar-refractivity contribution >= 4 is 36.7 Å². The van der Waals surface area contributed by atoms with E-state index in [1.54, 1.807) is 18.3 Å². The monoisotopic (exact) mass is 508 g/mol. The highest BCUT2D eigenvalue weighted by Gasteiger charge is 2.25. The van der Waals surface area contributed by atoms with Crippen molar-refractivity contribution in [3.63, 3.8) is 0 Å². The van der Waals surface area contributed by atoms with Gasteiger partial charge in [-0.05, 0) is 47.9 Å². The van der Waals surface area contributed by atoms with Gasteiger partial charge in [0, 0.05) is 42.5 Å². The smallest absolute Gasteiger partial charge is 0.215 e. The van der Waals surface area contributed by atoms with Gasteiger partial charge in [0.15, 0.2) is 0 Å². The maximum absolute atomic E-state index is 14.0. The van der Waals surface area contributed by atoms with Crippen molar-refractivity contribution < 1.29 is 26.0 Å². The van der Waals surface area contributed by atoms with Crippen LogP contribution in [0.4, 0.5) is 4.39 Å². The number of halogens is 1. The van der Waals surface area contributed by atoms with Crippen molar-refractivity contribution in [3.05, 3.63) is 54.1 Å². The molecule has 0 radical (unpaired) electrons. The summed E-state index contributed by atoms with van der Waals surface area (Å²) in [5.74, 6) is -0.141. The first-order valence-electron chi connectivity index (χ1n) is 10.5. The van der Waals surface area contributed by atoms with Gasteiger partial charge in [-0.2, -0.15) is 4.31 Å². The molecule has 0 saturated heterocycles. The van der Waals surface area contributed by atoms with Crippen molar-refractivity contribution in [2.24, 2.45) is 0 Å². The summed E-state index contributed by atoms with van der Waals surface area (Å²) in [4.78, 5) is 7.66. The van der Waals surface area contributed by atoms with E-state index in [4.69, 9.17) is 4.74 Å². The average Bonchev–Trinajstić information content (AvgIpc) is 3.22. The second kappa shape index (κ2) is 9.45. The summed E-state index contributed by atoms with van der Waals surface area (Å²) in [5, 5.41) is 0.796. The second-order valence-corrected chi connectivity index (χ2v) is 11.9. The summed E-state index contributed by atoms with van der Waals surface area (Å²) in [6.45, 7) is 0.290. The van der Waals surface area contributed by atoms with Gasteiger partial charge in [0.1, 0.15) is 17.2 Å². The standard InChI is InChI=1S/C22H25FN4O5S2/c1-32-21-4-3-16(23)13-18(21)17-5-8-24-22-19(17)14-20(26-22)15-6-10-27(11-7-15)34(30,31)12-9-25-33(2,28)29/h3-6,8,13-14,25H,7,9-12H2,1-2H3,(H,24,26). The van der Waals surface area contributed by atoms with E-state index in [0.29, 0.717) is 23.4 Å². The highest BCUT2D eigenvalue weighted by molar-refractivity contribution is 7.89. The molecule has 0 bridgehead atoms. The molecule has 3 aromatic rings. The van der Waals surface area contributed by atoms with Gasteiger partial charge < -0.3 is 9.72 Å². The lowest BCUT2D eigenvalue weighted by Crippen LogP contribution is -2.39. The molecule has 3 heterocycles. The molecule has 0 aliphatic carbocycles. The average molecular weight is 509 g/mol. The van der Waals surface area contributed by atoms with E-state index in [-0.39, 0.29) is 31.2 Å². The first-order valence-corrected chi connectivity index (χ1v) is 14.0. The number of pyridine rings is 1. The number of ether oxygens (including phenoxy) is 1. The number of nitrogens with zero attached hydrogens (tertiary/aromatic N) is 2. The van der Waals surface area contributed by atoms with E-state index in [9.17, 15) is 21.2 Å². The molecule has 0 spiro atoms. The van der Waals surface area contributed by atoms with E-state index in [1.807, 2.05) is 12.1 Å². The Kier molecular flexibility index (Phi) is 6.76. The van der Waals surface area contributed by atoms with Crippen LogP contribution in [0.15, 0.2) is 42.6 Å². The van der Waals surface area contributed by atoms with Crippen molar-refractivity contribution in [1.82, 2.24) is 19.0 Å². The van der Waals surface area contributed by atoms with Gasteiger partial charge in [0.2, 0.25) is 20.0 Å². The molecule has 9 nitrogen and oxygen atoms in total. The summed E-state index contributed by atoms with van der Waals surface area (Å²) in [6, 6.07) is 8.06. The minimum absolute atomic E-state index is 0.172. The number of benzene rings is 1. The van der Waals surface area contributed by atoms with Crippen LogP contribution in [-0.4, -0.2) is 69.9 Å². The molecule has 4 rings (SSSR count). The molecule has 0 saturated carbocycles. The van der Waals surface area contributed by atoms with Gasteiger partial charge in [-0.15, -0.1) is 0 Å². The summed E-state index contributed by atoms with van der Waals surface area (Å²) >= 11 is 0. The van der Waals surface area contributed by atoms with Crippen LogP contribution >= 0.6 is 0 Å². The Morgan fingerprint density at radius 2 is 1.97 bits per heavy atom. The highest BCUT2D eigenvalue weighted by atomic mass is 32.2. The zero-order chi connectivity index (χ0) is 24.5. The lowest BCUT2D eigenvalue weighted by molar-refractivity contribution is 0.415. The van der Waals surface area contributed by atoms with Crippen molar-refractivity contribution in [3.8, 4) is 16.9 Å². The van der Waals surface area contributed by atoms with Crippen LogP contribution in [0.5, 0.6) is 5.75 Å². The molecule has 0 unspecified atom stereocenters. The van der Waals surface area contributed by atoms with E-state index >= 15 is 0 Å². The minimum atomic E-state index is -3.60. The molecular weight excluding hydrogens is 483 g/mol. The third kappa shape index (κ3) is 5.30. The fourth-order valence-electron chi connectivity index (χ4n) is 3.96. The summed E-state index contributed by atoms with van der Waals surface area (Å²) < 4.78 is 70.3. The number of H-pyrrole nitrogens is 1. The zero-order valence-electron chi connectivity index (χ0n) is 18.7. The number of sulfonamides is 2. The normalized spacial score (nSPS) is 15.4. The van der Waals surface area contributed by atoms with Crippen LogP contribution < -0.4 is 9.46 Å². The Labute approximate surface area is 197 Å². The van der Waals surface area contributed by atoms with Gasteiger partial charge in [0.05, 0.1) is 19.1 Å². The molecule has 182 valence electrons. The zero-order valence-corrected chi connectivity index (χ0v) is 20.3. The Bertz CT molecular complexity index is 1470. The third-order valence-electron chi connectivity index (χ3n) is 5.62. The predicted molar refractivity (Wildman–Crippen MR) is 129 cm³/mol. The largest absolute Gasteiger partial charge is 0.496 e. The Morgan fingerprint density at radius 1 is 1.18 bits per heavy atom. The van der Waals surface area contributed by atoms with Crippen LogP contribution in [0.1, 0.15) is 12.1 Å². The minimum Gasteiger partial charge on any atom is -0.496 e. The Morgan fingerprint density at radius 3 is 2.65 bits per heavy atom. The summed E-state index contributed by atoms with van der Waals surface area (Å²) in [6.07, 6.45) is 4.93. The lowest BCUT2D eigenvalue weighted by atomic mass is 10.0. The fraction of sp³-hybridized carbons (Fsp3) is 0.318. The summed E-state index contributed by atoms with van der Waals surface area (Å²) in [7, 11) is -5.52. The Balaban J connectivity index is 1.57. The molecule has 2 aromatic heterocycles. The Hall–Kier alpha value is -2.80. The van der Waals surface area contributed by atoms with E-state index in [1.165, 1.54) is 23.5 Å². The van der Waals surface area contributed by atoms with Gasteiger partial charge >= 0.3 is 0 Å². The first-order chi connectivity index (χ1) is 16.1. The van der Waals surface area contributed by atoms with Crippen molar-refractivity contribution in [1.29, 1.82) is 0 Å². The molecule has 0 amide bonds. The number of nitrogens with one attached hydrogen (secondary N) is 2. The predicted octanol–water partition coefficient (Wildman–Crippen LogP) is 2.35. The number of hydrogen-bond donors (Lipinski definition) is 2. The van der Waals surface area contributed by atoms with Gasteiger partial charge in [0.25, 0.3) is 0 Å². The fourth-order valence-corrected chi connectivity index (χ4v) is 5.85. The maximum atomic E-state index is 14.0. The number of aromatic amines is 1. The molecule has 34 heavy (non-hydrogen) atoms. The molecule has 1 aliphatic heterocycles. The SMILES string of the molecule is COc1ccc(F)cc1-c1ccnc2[nH]c(C3=CCN(S(=O)(=O)CCNS(C)(=O)=O)CC3)cc12. The number of aromatic nitrogens is 2. The van der Waals surface area contributed by atoms with Crippen molar-refractivity contribution in [2.45, 2.75) is 6.42 Å². The quantitative estimate of drug-likeness (QED) is 0.482. The molecule has 0 fully saturated rings. The summed E-state index contributed by atoms with van der Waals surface area (Å²) in [5.41, 5.74) is 3.75. The van der Waals surface area contributed by atoms with Crippen LogP contribution in [-0.2, 0) is 20.0 Å². The molecule has 0 atom stereocenters. The number of rotatable bonds is 8. The van der Waals surface area contributed by atoms with Crippen molar-refractivity contribution in [2.75, 3.05) is 38.8 Å². The second-order valence-electron chi connectivity index (χ2n) is 7.97. The molecule has 12 heteroatoms. The maximum Gasteiger partial charge on any atom is 0.215 e. The third-order valence-corrected chi connectivity index (χ3v) is 8.19. The van der Waals surface area contributed by atoms with Crippen LogP contribution in [0.2, 0.25) is 0 Å². The number of hydrogen-bond acceptors (Lipinski definition) is 6. The number of fused-ring (bicyclic) bond motifs is 1. The first kappa shape index (κ1) is 24.3. The van der Waals surface area contributed by atoms with Crippen LogP contribution in [0.3, 0.4) is 0 Å². The number of methoxy groups -OCH3 is 1. The van der Waals surface area contributed by atoms with E-state index in [0.717, 1.165) is 28.5 Å². The van der Waals surface area contributed by atoms with E-state index < -0.39 is 20.0 Å². The molecule has 1 aliphatic rings. The van der Waals surface area contributed by atoms with Crippen LogP contribution in [0.25, 0.3) is 27.7 Å². The van der Waals surface area contributed by atoms with E-state index in [2.05, 4.69) is 14.7 Å². The topological polar surface area (TPSA) is 121 Å². The lowest BCUT2D eigenvalue weighted by Gasteiger charge is -2.25. The molecular formula is C22H25FN4O5S2.